The predicted octanol–water partition coefficient (Wildman–Crippen LogP) is 3.69. The van der Waals surface area contributed by atoms with Crippen LogP contribution in [-0.2, 0) is 12.8 Å². The van der Waals surface area contributed by atoms with E-state index in [0.717, 1.165) is 19.3 Å². The molecule has 0 aliphatic heterocycles. The number of aromatic carboxylic acids is 1. The Labute approximate surface area is 124 Å². The van der Waals surface area contributed by atoms with E-state index in [1.165, 1.54) is 16.7 Å². The van der Waals surface area contributed by atoms with Gasteiger partial charge in [0, 0.05) is 12.4 Å². The molecule has 2 unspecified atom stereocenters. The van der Waals surface area contributed by atoms with E-state index in [1.807, 2.05) is 24.4 Å². The van der Waals surface area contributed by atoms with E-state index in [-0.39, 0.29) is 0 Å². The number of carbonyl (C=O) groups is 1. The minimum absolute atomic E-state index is 0.392. The standard InChI is InChI=1S/C18H19NO2/c1-12-7-14(8-13-3-2-6-19-11-13)9-16-10-15(18(20)21)4-5-17(12)16/h2-6,10-12,14H,7-9H2,1H3,(H,20,21). The van der Waals surface area contributed by atoms with Gasteiger partial charge >= 0.3 is 5.97 Å². The fourth-order valence-corrected chi connectivity index (χ4v) is 3.43. The van der Waals surface area contributed by atoms with E-state index in [4.69, 9.17) is 5.11 Å². The Morgan fingerprint density at radius 2 is 2.24 bits per heavy atom. The van der Waals surface area contributed by atoms with Gasteiger partial charge in [-0.15, -0.1) is 0 Å². The minimum atomic E-state index is -0.847. The first kappa shape index (κ1) is 13.8. The molecule has 3 rings (SSSR count). The van der Waals surface area contributed by atoms with Crippen molar-refractivity contribution in [3.63, 3.8) is 0 Å². The molecular weight excluding hydrogens is 262 g/mol. The lowest BCUT2D eigenvalue weighted by Crippen LogP contribution is -2.19. The van der Waals surface area contributed by atoms with Crippen molar-refractivity contribution in [2.24, 2.45) is 5.92 Å². The number of pyridine rings is 1. The maximum atomic E-state index is 11.1. The Hall–Kier alpha value is -2.16. The molecule has 0 spiro atoms. The molecule has 2 aromatic rings. The van der Waals surface area contributed by atoms with E-state index in [2.05, 4.69) is 18.0 Å². The topological polar surface area (TPSA) is 50.2 Å². The van der Waals surface area contributed by atoms with Gasteiger partial charge in [0.1, 0.15) is 0 Å². The summed E-state index contributed by atoms with van der Waals surface area (Å²) in [5, 5.41) is 9.15. The van der Waals surface area contributed by atoms with Gasteiger partial charge in [-0.05, 0) is 66.0 Å². The molecule has 0 amide bonds. The van der Waals surface area contributed by atoms with Crippen LogP contribution in [0.5, 0.6) is 0 Å². The van der Waals surface area contributed by atoms with E-state index in [0.29, 0.717) is 17.4 Å². The van der Waals surface area contributed by atoms with Crippen molar-refractivity contribution >= 4 is 5.97 Å². The van der Waals surface area contributed by atoms with Crippen molar-refractivity contribution < 1.29 is 9.90 Å². The van der Waals surface area contributed by atoms with Gasteiger partial charge in [-0.25, -0.2) is 4.79 Å². The summed E-state index contributed by atoms with van der Waals surface area (Å²) in [5.41, 5.74) is 4.15. The number of rotatable bonds is 3. The summed E-state index contributed by atoms with van der Waals surface area (Å²) < 4.78 is 0. The molecule has 21 heavy (non-hydrogen) atoms. The van der Waals surface area contributed by atoms with Crippen LogP contribution in [0.4, 0.5) is 0 Å². The van der Waals surface area contributed by atoms with Crippen LogP contribution in [0.2, 0.25) is 0 Å². The molecule has 0 radical (unpaired) electrons. The Morgan fingerprint density at radius 1 is 1.38 bits per heavy atom. The molecule has 108 valence electrons. The summed E-state index contributed by atoms with van der Waals surface area (Å²) >= 11 is 0. The number of carboxylic acids is 1. The van der Waals surface area contributed by atoms with Crippen LogP contribution in [0, 0.1) is 5.92 Å². The number of carboxylic acid groups (broad SMARTS) is 1. The average Bonchev–Trinajstić information content (AvgIpc) is 2.47. The van der Waals surface area contributed by atoms with Gasteiger partial charge in [0.2, 0.25) is 0 Å². The third-order valence-electron chi connectivity index (χ3n) is 4.36. The van der Waals surface area contributed by atoms with Gasteiger partial charge in [0.05, 0.1) is 5.56 Å². The molecule has 1 N–H and O–H groups in total. The second-order valence-electron chi connectivity index (χ2n) is 5.99. The average molecular weight is 281 g/mol. The Kier molecular flexibility index (Phi) is 3.74. The largest absolute Gasteiger partial charge is 0.478 e. The van der Waals surface area contributed by atoms with E-state index in [1.54, 1.807) is 12.3 Å². The number of nitrogens with zero attached hydrogens (tertiary/aromatic N) is 1. The maximum absolute atomic E-state index is 11.1. The highest BCUT2D eigenvalue weighted by Gasteiger charge is 2.25. The monoisotopic (exact) mass is 281 g/mol. The summed E-state index contributed by atoms with van der Waals surface area (Å²) in [6.45, 7) is 2.23. The van der Waals surface area contributed by atoms with Gasteiger partial charge in [0.15, 0.2) is 0 Å². The van der Waals surface area contributed by atoms with E-state index < -0.39 is 5.97 Å². The highest BCUT2D eigenvalue weighted by Crippen LogP contribution is 2.36. The molecule has 3 heteroatoms. The number of fused-ring (bicyclic) bond motifs is 1. The smallest absolute Gasteiger partial charge is 0.335 e. The highest BCUT2D eigenvalue weighted by molar-refractivity contribution is 5.88. The second-order valence-corrected chi connectivity index (χ2v) is 5.99. The first-order chi connectivity index (χ1) is 10.1. The summed E-state index contributed by atoms with van der Waals surface area (Å²) in [6, 6.07) is 9.64. The molecule has 0 fully saturated rings. The molecule has 1 aromatic heterocycles. The number of benzene rings is 1. The zero-order chi connectivity index (χ0) is 14.8. The molecule has 1 aromatic carbocycles. The number of aromatic nitrogens is 1. The Bertz CT molecular complexity index is 652. The number of hydrogen-bond donors (Lipinski definition) is 1. The first-order valence-electron chi connectivity index (χ1n) is 7.38. The molecule has 0 saturated heterocycles. The SMILES string of the molecule is CC1CC(Cc2cccnc2)Cc2cc(C(=O)O)ccc21. The zero-order valence-corrected chi connectivity index (χ0v) is 12.1. The summed E-state index contributed by atoms with van der Waals surface area (Å²) in [5.74, 6) is 0.193. The molecule has 1 aliphatic rings. The molecule has 3 nitrogen and oxygen atoms in total. The van der Waals surface area contributed by atoms with Gasteiger partial charge in [-0.3, -0.25) is 4.98 Å². The highest BCUT2D eigenvalue weighted by atomic mass is 16.4. The molecule has 0 saturated carbocycles. The fraction of sp³-hybridized carbons (Fsp3) is 0.333. The van der Waals surface area contributed by atoms with Crippen LogP contribution in [-0.4, -0.2) is 16.1 Å². The second kappa shape index (κ2) is 5.68. The van der Waals surface area contributed by atoms with Crippen LogP contribution < -0.4 is 0 Å². The number of hydrogen-bond acceptors (Lipinski definition) is 2. The van der Waals surface area contributed by atoms with Gasteiger partial charge in [0.25, 0.3) is 0 Å². The lowest BCUT2D eigenvalue weighted by atomic mass is 9.75. The molecular formula is C18H19NO2. The Morgan fingerprint density at radius 3 is 2.95 bits per heavy atom. The van der Waals surface area contributed by atoms with Crippen LogP contribution in [0.25, 0.3) is 0 Å². The molecule has 0 bridgehead atoms. The summed E-state index contributed by atoms with van der Waals surface area (Å²) in [6.07, 6.45) is 6.83. The third-order valence-corrected chi connectivity index (χ3v) is 4.36. The van der Waals surface area contributed by atoms with Crippen LogP contribution >= 0.6 is 0 Å². The third kappa shape index (κ3) is 2.97. The fourth-order valence-electron chi connectivity index (χ4n) is 3.43. The quantitative estimate of drug-likeness (QED) is 0.933. The van der Waals surface area contributed by atoms with E-state index in [9.17, 15) is 4.79 Å². The summed E-state index contributed by atoms with van der Waals surface area (Å²) in [4.78, 5) is 15.3. The lowest BCUT2D eigenvalue weighted by Gasteiger charge is -2.30. The first-order valence-corrected chi connectivity index (χ1v) is 7.38. The van der Waals surface area contributed by atoms with Gasteiger partial charge < -0.3 is 5.11 Å². The van der Waals surface area contributed by atoms with Gasteiger partial charge in [-0.1, -0.05) is 19.1 Å². The van der Waals surface area contributed by atoms with Crippen molar-refractivity contribution in [3.05, 3.63) is 65.0 Å². The van der Waals surface area contributed by atoms with Crippen molar-refractivity contribution in [1.29, 1.82) is 0 Å². The van der Waals surface area contributed by atoms with Crippen molar-refractivity contribution in [3.8, 4) is 0 Å². The van der Waals surface area contributed by atoms with Crippen molar-refractivity contribution in [2.45, 2.75) is 32.1 Å². The minimum Gasteiger partial charge on any atom is -0.478 e. The van der Waals surface area contributed by atoms with Crippen LogP contribution in [0.15, 0.2) is 42.7 Å². The Balaban J connectivity index is 1.83. The zero-order valence-electron chi connectivity index (χ0n) is 12.1. The predicted molar refractivity (Wildman–Crippen MR) is 81.6 cm³/mol. The molecule has 1 heterocycles. The lowest BCUT2D eigenvalue weighted by molar-refractivity contribution is 0.0696. The molecule has 1 aliphatic carbocycles. The van der Waals surface area contributed by atoms with Crippen LogP contribution in [0.3, 0.4) is 0 Å². The van der Waals surface area contributed by atoms with Crippen molar-refractivity contribution in [1.82, 2.24) is 4.98 Å². The van der Waals surface area contributed by atoms with Gasteiger partial charge in [-0.2, -0.15) is 0 Å². The maximum Gasteiger partial charge on any atom is 0.335 e. The van der Waals surface area contributed by atoms with E-state index >= 15 is 0 Å². The summed E-state index contributed by atoms with van der Waals surface area (Å²) in [7, 11) is 0. The normalized spacial score (nSPS) is 20.8. The van der Waals surface area contributed by atoms with Crippen LogP contribution in [0.1, 0.15) is 46.3 Å². The molecule has 2 atom stereocenters. The van der Waals surface area contributed by atoms with Crippen molar-refractivity contribution in [2.75, 3.05) is 0 Å².